The normalized spacial score (nSPS) is 25.4. The first-order valence-corrected chi connectivity index (χ1v) is 8.92. The third-order valence-corrected chi connectivity index (χ3v) is 5.20. The molecule has 0 spiro atoms. The minimum absolute atomic E-state index is 0.139. The minimum Gasteiger partial charge on any atom is -0.490 e. The van der Waals surface area contributed by atoms with Crippen molar-refractivity contribution in [2.45, 2.75) is 70.1 Å². The van der Waals surface area contributed by atoms with E-state index < -0.39 is 5.97 Å². The van der Waals surface area contributed by atoms with Gasteiger partial charge in [0.25, 0.3) is 0 Å². The van der Waals surface area contributed by atoms with Gasteiger partial charge in [-0.25, -0.2) is 0 Å². The zero-order chi connectivity index (χ0) is 16.1. The quantitative estimate of drug-likeness (QED) is 0.839. The molecule has 0 amide bonds. The Morgan fingerprint density at radius 2 is 1.70 bits per heavy atom. The van der Waals surface area contributed by atoms with Crippen LogP contribution in [0.4, 0.5) is 0 Å². The Balaban J connectivity index is 1.41. The van der Waals surface area contributed by atoms with Crippen LogP contribution in [0.3, 0.4) is 0 Å². The van der Waals surface area contributed by atoms with Crippen LogP contribution in [-0.4, -0.2) is 23.2 Å². The number of carboxylic acid groups (broad SMARTS) is 1. The second kappa shape index (κ2) is 7.82. The van der Waals surface area contributed by atoms with Crippen molar-refractivity contribution >= 4 is 5.97 Å². The molecule has 2 fully saturated rings. The molecular weight excluding hydrogens is 290 g/mol. The van der Waals surface area contributed by atoms with Gasteiger partial charge in [-0.1, -0.05) is 12.1 Å². The Bertz CT molecular complexity index is 500. The third-order valence-electron chi connectivity index (χ3n) is 5.20. The average Bonchev–Trinajstić information content (AvgIpc) is 3.07. The van der Waals surface area contributed by atoms with Crippen molar-refractivity contribution in [2.24, 2.45) is 5.92 Å². The Morgan fingerprint density at radius 3 is 2.30 bits per heavy atom. The molecule has 4 nitrogen and oxygen atoms in total. The van der Waals surface area contributed by atoms with E-state index in [2.05, 4.69) is 29.6 Å². The molecular formula is C19H27NO3. The first-order valence-electron chi connectivity index (χ1n) is 8.92. The summed E-state index contributed by atoms with van der Waals surface area (Å²) in [7, 11) is 0. The van der Waals surface area contributed by atoms with Gasteiger partial charge >= 0.3 is 5.97 Å². The van der Waals surface area contributed by atoms with Crippen molar-refractivity contribution in [3.05, 3.63) is 29.8 Å². The SMILES string of the molecule is O=C(O)C1CCC(NCc2ccc(OC3CCCC3)cc2)CC1. The number of aliphatic carboxylic acids is 1. The van der Waals surface area contributed by atoms with Crippen LogP contribution >= 0.6 is 0 Å². The Labute approximate surface area is 138 Å². The van der Waals surface area contributed by atoms with Gasteiger partial charge in [0, 0.05) is 12.6 Å². The summed E-state index contributed by atoms with van der Waals surface area (Å²) >= 11 is 0. The van der Waals surface area contributed by atoms with Gasteiger partial charge in [0.2, 0.25) is 0 Å². The lowest BCUT2D eigenvalue weighted by molar-refractivity contribution is -0.142. The molecule has 2 N–H and O–H groups in total. The summed E-state index contributed by atoms with van der Waals surface area (Å²) in [4.78, 5) is 11.0. The highest BCUT2D eigenvalue weighted by molar-refractivity contribution is 5.70. The van der Waals surface area contributed by atoms with Gasteiger partial charge in [0.05, 0.1) is 12.0 Å². The van der Waals surface area contributed by atoms with Crippen LogP contribution in [0.5, 0.6) is 5.75 Å². The van der Waals surface area contributed by atoms with Gasteiger partial charge in [-0.15, -0.1) is 0 Å². The number of hydrogen-bond donors (Lipinski definition) is 2. The maximum absolute atomic E-state index is 11.0. The maximum atomic E-state index is 11.0. The van der Waals surface area contributed by atoms with Crippen molar-refractivity contribution < 1.29 is 14.6 Å². The molecule has 0 saturated heterocycles. The molecule has 0 atom stereocenters. The smallest absolute Gasteiger partial charge is 0.306 e. The van der Waals surface area contributed by atoms with Crippen molar-refractivity contribution in [2.75, 3.05) is 0 Å². The molecule has 2 aliphatic carbocycles. The highest BCUT2D eigenvalue weighted by Crippen LogP contribution is 2.26. The number of rotatable bonds is 6. The van der Waals surface area contributed by atoms with E-state index in [1.165, 1.54) is 31.2 Å². The Hall–Kier alpha value is -1.55. The molecule has 0 aliphatic heterocycles. The molecule has 2 saturated carbocycles. The summed E-state index contributed by atoms with van der Waals surface area (Å²) in [5.74, 6) is 0.198. The van der Waals surface area contributed by atoms with Crippen LogP contribution < -0.4 is 10.1 Å². The Kier molecular flexibility index (Phi) is 5.55. The largest absolute Gasteiger partial charge is 0.490 e. The molecule has 126 valence electrons. The first-order chi connectivity index (χ1) is 11.2. The minimum atomic E-state index is -0.638. The summed E-state index contributed by atoms with van der Waals surface area (Å²) in [6.07, 6.45) is 8.85. The molecule has 2 aliphatic rings. The van der Waals surface area contributed by atoms with Gasteiger partial charge in [0.15, 0.2) is 0 Å². The van der Waals surface area contributed by atoms with Crippen molar-refractivity contribution in [3.8, 4) is 5.75 Å². The summed E-state index contributed by atoms with van der Waals surface area (Å²) in [5, 5.41) is 12.6. The van der Waals surface area contributed by atoms with Crippen LogP contribution in [0.15, 0.2) is 24.3 Å². The number of hydrogen-bond acceptors (Lipinski definition) is 3. The van der Waals surface area contributed by atoms with E-state index in [9.17, 15) is 4.79 Å². The monoisotopic (exact) mass is 317 g/mol. The molecule has 1 aromatic carbocycles. The molecule has 0 aromatic heterocycles. The van der Waals surface area contributed by atoms with E-state index >= 15 is 0 Å². The lowest BCUT2D eigenvalue weighted by Gasteiger charge is -2.27. The fraction of sp³-hybridized carbons (Fsp3) is 0.632. The van der Waals surface area contributed by atoms with Crippen LogP contribution in [0.1, 0.15) is 56.9 Å². The molecule has 3 rings (SSSR count). The van der Waals surface area contributed by atoms with Gasteiger partial charge in [-0.3, -0.25) is 4.79 Å². The van der Waals surface area contributed by atoms with E-state index in [0.717, 1.165) is 38.0 Å². The zero-order valence-electron chi connectivity index (χ0n) is 13.7. The molecule has 0 bridgehead atoms. The molecule has 0 radical (unpaired) electrons. The van der Waals surface area contributed by atoms with E-state index in [4.69, 9.17) is 9.84 Å². The molecule has 23 heavy (non-hydrogen) atoms. The number of ether oxygens (including phenoxy) is 1. The fourth-order valence-electron chi connectivity index (χ4n) is 3.69. The van der Waals surface area contributed by atoms with Crippen LogP contribution in [0.2, 0.25) is 0 Å². The predicted octanol–water partition coefficient (Wildman–Crippen LogP) is 3.74. The van der Waals surface area contributed by atoms with Crippen LogP contribution in [0.25, 0.3) is 0 Å². The van der Waals surface area contributed by atoms with Crippen molar-refractivity contribution in [1.29, 1.82) is 0 Å². The standard InChI is InChI=1S/C19H27NO3/c21-19(22)15-7-9-16(10-8-15)20-13-14-5-11-18(12-6-14)23-17-3-1-2-4-17/h5-6,11-12,15-17,20H,1-4,7-10,13H2,(H,21,22). The van der Waals surface area contributed by atoms with E-state index in [1.54, 1.807) is 0 Å². The lowest BCUT2D eigenvalue weighted by Crippen LogP contribution is -2.34. The Morgan fingerprint density at radius 1 is 1.04 bits per heavy atom. The third kappa shape index (κ3) is 4.71. The average molecular weight is 317 g/mol. The zero-order valence-corrected chi connectivity index (χ0v) is 13.7. The van der Waals surface area contributed by atoms with E-state index in [0.29, 0.717) is 12.1 Å². The van der Waals surface area contributed by atoms with Crippen LogP contribution in [0, 0.1) is 5.92 Å². The maximum Gasteiger partial charge on any atom is 0.306 e. The van der Waals surface area contributed by atoms with Gasteiger partial charge in [-0.05, 0) is 69.1 Å². The van der Waals surface area contributed by atoms with Crippen LogP contribution in [-0.2, 0) is 11.3 Å². The number of nitrogens with one attached hydrogen (secondary N) is 1. The number of carboxylic acids is 1. The van der Waals surface area contributed by atoms with Crippen molar-refractivity contribution in [1.82, 2.24) is 5.32 Å². The van der Waals surface area contributed by atoms with Crippen molar-refractivity contribution in [3.63, 3.8) is 0 Å². The van der Waals surface area contributed by atoms with Gasteiger partial charge in [0.1, 0.15) is 5.75 Å². The second-order valence-electron chi connectivity index (χ2n) is 6.94. The molecule has 0 unspecified atom stereocenters. The van der Waals surface area contributed by atoms with E-state index in [-0.39, 0.29) is 5.92 Å². The summed E-state index contributed by atoms with van der Waals surface area (Å²) in [5.41, 5.74) is 1.25. The number of carbonyl (C=O) groups is 1. The summed E-state index contributed by atoms with van der Waals surface area (Å²) in [6, 6.07) is 8.83. The summed E-state index contributed by atoms with van der Waals surface area (Å²) < 4.78 is 5.98. The summed E-state index contributed by atoms with van der Waals surface area (Å²) in [6.45, 7) is 0.839. The van der Waals surface area contributed by atoms with Gasteiger partial charge in [-0.2, -0.15) is 0 Å². The molecule has 1 aromatic rings. The first kappa shape index (κ1) is 16.3. The highest BCUT2D eigenvalue weighted by atomic mass is 16.5. The van der Waals surface area contributed by atoms with E-state index in [1.807, 2.05) is 0 Å². The predicted molar refractivity (Wildman–Crippen MR) is 89.5 cm³/mol. The topological polar surface area (TPSA) is 58.6 Å². The molecule has 4 heteroatoms. The second-order valence-corrected chi connectivity index (χ2v) is 6.94. The fourth-order valence-corrected chi connectivity index (χ4v) is 3.69. The lowest BCUT2D eigenvalue weighted by atomic mass is 9.86. The molecule has 0 heterocycles. The highest BCUT2D eigenvalue weighted by Gasteiger charge is 2.25. The van der Waals surface area contributed by atoms with Gasteiger partial charge < -0.3 is 15.2 Å². The number of benzene rings is 1.